The first kappa shape index (κ1) is 18.8. The lowest BCUT2D eigenvalue weighted by atomic mass is 10.2. The summed E-state index contributed by atoms with van der Waals surface area (Å²) < 4.78 is 5.25. The Labute approximate surface area is 170 Å². The maximum atomic E-state index is 13.0. The van der Waals surface area contributed by atoms with Crippen LogP contribution in [0.1, 0.15) is 10.4 Å². The summed E-state index contributed by atoms with van der Waals surface area (Å²) in [6.45, 7) is 3.06. The third-order valence-electron chi connectivity index (χ3n) is 5.04. The zero-order valence-electron chi connectivity index (χ0n) is 16.4. The van der Waals surface area contributed by atoms with Gasteiger partial charge in [-0.15, -0.1) is 0 Å². The van der Waals surface area contributed by atoms with Crippen molar-refractivity contribution >= 4 is 23.1 Å². The van der Waals surface area contributed by atoms with Crippen LogP contribution in [0.5, 0.6) is 5.75 Å². The second-order valence-corrected chi connectivity index (χ2v) is 6.90. The Morgan fingerprint density at radius 1 is 0.966 bits per heavy atom. The molecule has 0 spiro atoms. The van der Waals surface area contributed by atoms with Crippen LogP contribution in [0.2, 0.25) is 0 Å². The van der Waals surface area contributed by atoms with Gasteiger partial charge in [0.25, 0.3) is 5.91 Å². The molecule has 1 aliphatic rings. The standard InChI is InChI=1S/C23H24N4O2/c1-29-21-9-5-6-19(17-21)25-22-16-18(10-11-24-22)23(28)27-14-12-26(13-15-27)20-7-3-2-4-8-20/h2-11,16-17H,12-15H2,1H3,(H,24,25). The van der Waals surface area contributed by atoms with E-state index in [1.807, 2.05) is 47.4 Å². The number of rotatable bonds is 5. The van der Waals surface area contributed by atoms with Crippen molar-refractivity contribution in [3.05, 3.63) is 78.5 Å². The summed E-state index contributed by atoms with van der Waals surface area (Å²) in [5.74, 6) is 1.43. The third kappa shape index (κ3) is 4.48. The summed E-state index contributed by atoms with van der Waals surface area (Å²) >= 11 is 0. The van der Waals surface area contributed by atoms with E-state index < -0.39 is 0 Å². The lowest BCUT2D eigenvalue weighted by Gasteiger charge is -2.36. The molecule has 3 aromatic rings. The van der Waals surface area contributed by atoms with Crippen molar-refractivity contribution in [1.29, 1.82) is 0 Å². The maximum absolute atomic E-state index is 13.0. The Balaban J connectivity index is 1.41. The van der Waals surface area contributed by atoms with Crippen molar-refractivity contribution in [2.75, 3.05) is 43.5 Å². The van der Waals surface area contributed by atoms with Crippen LogP contribution in [-0.4, -0.2) is 49.1 Å². The van der Waals surface area contributed by atoms with Gasteiger partial charge in [-0.2, -0.15) is 0 Å². The molecule has 1 aliphatic heterocycles. The lowest BCUT2D eigenvalue weighted by molar-refractivity contribution is 0.0746. The lowest BCUT2D eigenvalue weighted by Crippen LogP contribution is -2.48. The Morgan fingerprint density at radius 3 is 2.52 bits per heavy atom. The molecule has 0 radical (unpaired) electrons. The molecule has 148 valence electrons. The number of pyridine rings is 1. The molecule has 0 saturated carbocycles. The molecule has 1 aromatic heterocycles. The number of nitrogens with one attached hydrogen (secondary N) is 1. The van der Waals surface area contributed by atoms with Crippen molar-refractivity contribution in [1.82, 2.24) is 9.88 Å². The summed E-state index contributed by atoms with van der Waals surface area (Å²) in [6.07, 6.45) is 1.66. The van der Waals surface area contributed by atoms with Gasteiger partial charge in [-0.1, -0.05) is 24.3 Å². The third-order valence-corrected chi connectivity index (χ3v) is 5.04. The van der Waals surface area contributed by atoms with E-state index in [2.05, 4.69) is 27.3 Å². The number of ether oxygens (including phenoxy) is 1. The minimum Gasteiger partial charge on any atom is -0.497 e. The Hall–Kier alpha value is -3.54. The molecule has 1 amide bonds. The van der Waals surface area contributed by atoms with Crippen LogP contribution >= 0.6 is 0 Å². The van der Waals surface area contributed by atoms with Gasteiger partial charge >= 0.3 is 0 Å². The molecule has 2 heterocycles. The molecule has 2 aromatic carbocycles. The Morgan fingerprint density at radius 2 is 1.76 bits per heavy atom. The van der Waals surface area contributed by atoms with Crippen LogP contribution in [0.25, 0.3) is 0 Å². The van der Waals surface area contributed by atoms with Crippen LogP contribution in [0.3, 0.4) is 0 Å². The van der Waals surface area contributed by atoms with Gasteiger partial charge in [0.2, 0.25) is 0 Å². The average Bonchev–Trinajstić information content (AvgIpc) is 2.79. The second kappa shape index (κ2) is 8.65. The van der Waals surface area contributed by atoms with Gasteiger partial charge < -0.3 is 19.9 Å². The van der Waals surface area contributed by atoms with Gasteiger partial charge in [0.15, 0.2) is 0 Å². The van der Waals surface area contributed by atoms with E-state index in [4.69, 9.17) is 4.74 Å². The highest BCUT2D eigenvalue weighted by Gasteiger charge is 2.22. The largest absolute Gasteiger partial charge is 0.497 e. The first-order chi connectivity index (χ1) is 14.2. The Bertz CT molecular complexity index is 969. The fourth-order valence-electron chi connectivity index (χ4n) is 3.47. The van der Waals surface area contributed by atoms with Crippen LogP contribution < -0.4 is 15.0 Å². The number of nitrogens with zero attached hydrogens (tertiary/aromatic N) is 3. The smallest absolute Gasteiger partial charge is 0.254 e. The first-order valence-electron chi connectivity index (χ1n) is 9.69. The fourth-order valence-corrected chi connectivity index (χ4v) is 3.47. The monoisotopic (exact) mass is 388 g/mol. The molecule has 6 nitrogen and oxygen atoms in total. The molecule has 1 fully saturated rings. The van der Waals surface area contributed by atoms with Crippen LogP contribution in [-0.2, 0) is 0 Å². The molecule has 0 unspecified atom stereocenters. The molecule has 0 atom stereocenters. The number of para-hydroxylation sites is 1. The van der Waals surface area contributed by atoms with E-state index in [0.717, 1.165) is 24.5 Å². The topological polar surface area (TPSA) is 57.7 Å². The normalized spacial score (nSPS) is 13.8. The maximum Gasteiger partial charge on any atom is 0.254 e. The van der Waals surface area contributed by atoms with Gasteiger partial charge in [0.1, 0.15) is 11.6 Å². The van der Waals surface area contributed by atoms with Crippen LogP contribution in [0.15, 0.2) is 72.9 Å². The van der Waals surface area contributed by atoms with E-state index in [-0.39, 0.29) is 5.91 Å². The number of methoxy groups -OCH3 is 1. The van der Waals surface area contributed by atoms with E-state index in [1.54, 1.807) is 25.4 Å². The highest BCUT2D eigenvalue weighted by Crippen LogP contribution is 2.22. The molecule has 1 N–H and O–H groups in total. The zero-order valence-corrected chi connectivity index (χ0v) is 16.4. The molecule has 0 aliphatic carbocycles. The van der Waals surface area contributed by atoms with Crippen molar-refractivity contribution in [2.24, 2.45) is 0 Å². The quantitative estimate of drug-likeness (QED) is 0.721. The number of carbonyl (C=O) groups is 1. The predicted molar refractivity (Wildman–Crippen MR) is 115 cm³/mol. The predicted octanol–water partition coefficient (Wildman–Crippen LogP) is 3.80. The SMILES string of the molecule is COc1cccc(Nc2cc(C(=O)N3CCN(c4ccccc4)CC3)ccn2)c1. The highest BCUT2D eigenvalue weighted by molar-refractivity contribution is 5.95. The number of benzene rings is 2. The van der Waals surface area contributed by atoms with Gasteiger partial charge in [-0.3, -0.25) is 4.79 Å². The van der Waals surface area contributed by atoms with Crippen LogP contribution in [0, 0.1) is 0 Å². The van der Waals surface area contributed by atoms with Crippen molar-refractivity contribution < 1.29 is 9.53 Å². The summed E-state index contributed by atoms with van der Waals surface area (Å²) in [5, 5.41) is 3.24. The molecular weight excluding hydrogens is 364 g/mol. The zero-order chi connectivity index (χ0) is 20.1. The molecule has 6 heteroatoms. The van der Waals surface area contributed by atoms with Crippen molar-refractivity contribution in [3.8, 4) is 5.75 Å². The number of aromatic nitrogens is 1. The molecular formula is C23H24N4O2. The minimum atomic E-state index is 0.0359. The number of piperazine rings is 1. The van der Waals surface area contributed by atoms with Crippen LogP contribution in [0.4, 0.5) is 17.2 Å². The molecule has 4 rings (SSSR count). The van der Waals surface area contributed by atoms with E-state index in [1.165, 1.54) is 5.69 Å². The van der Waals surface area contributed by atoms with Crippen molar-refractivity contribution in [3.63, 3.8) is 0 Å². The number of hydrogen-bond donors (Lipinski definition) is 1. The summed E-state index contributed by atoms with van der Waals surface area (Å²) in [5.41, 5.74) is 2.70. The molecule has 29 heavy (non-hydrogen) atoms. The number of carbonyl (C=O) groups excluding carboxylic acids is 1. The van der Waals surface area contributed by atoms with Crippen molar-refractivity contribution in [2.45, 2.75) is 0 Å². The summed E-state index contributed by atoms with van der Waals surface area (Å²) in [7, 11) is 1.63. The number of hydrogen-bond acceptors (Lipinski definition) is 5. The number of anilines is 3. The van der Waals surface area contributed by atoms with Gasteiger partial charge in [0, 0.05) is 55.4 Å². The minimum absolute atomic E-state index is 0.0359. The van der Waals surface area contributed by atoms with Gasteiger partial charge in [0.05, 0.1) is 7.11 Å². The summed E-state index contributed by atoms with van der Waals surface area (Å²) in [4.78, 5) is 21.5. The summed E-state index contributed by atoms with van der Waals surface area (Å²) in [6, 6.07) is 21.5. The molecule has 0 bridgehead atoms. The fraction of sp³-hybridized carbons (Fsp3) is 0.217. The molecule has 1 saturated heterocycles. The van der Waals surface area contributed by atoms with E-state index in [0.29, 0.717) is 24.5 Å². The average molecular weight is 388 g/mol. The van der Waals surface area contributed by atoms with Gasteiger partial charge in [-0.05, 0) is 36.4 Å². The first-order valence-corrected chi connectivity index (χ1v) is 9.69. The number of amides is 1. The van der Waals surface area contributed by atoms with Gasteiger partial charge in [-0.25, -0.2) is 4.98 Å². The van der Waals surface area contributed by atoms with E-state index >= 15 is 0 Å². The second-order valence-electron chi connectivity index (χ2n) is 6.90. The Kier molecular flexibility index (Phi) is 5.61. The highest BCUT2D eigenvalue weighted by atomic mass is 16.5. The van der Waals surface area contributed by atoms with E-state index in [9.17, 15) is 4.79 Å².